The molecule has 0 aromatic carbocycles. The number of nitrogens with one attached hydrogen (secondary N) is 1. The maximum absolute atomic E-state index is 5.13. The van der Waals surface area contributed by atoms with E-state index in [-0.39, 0.29) is 6.04 Å². The third kappa shape index (κ3) is 3.65. The van der Waals surface area contributed by atoms with Gasteiger partial charge in [0.2, 0.25) is 0 Å². The molecule has 2 rings (SSSR count). The highest BCUT2D eigenvalue weighted by Crippen LogP contribution is 2.25. The van der Waals surface area contributed by atoms with Crippen molar-refractivity contribution in [3.8, 4) is 0 Å². The number of rotatable bonds is 8. The Morgan fingerprint density at radius 1 is 1.50 bits per heavy atom. The number of nitrogens with zero attached hydrogens (tertiary/aromatic N) is 3. The van der Waals surface area contributed by atoms with E-state index in [0.29, 0.717) is 6.61 Å². The fourth-order valence-corrected chi connectivity index (χ4v) is 3.01. The molecule has 1 N–H and O–H groups in total. The molecule has 2 aromatic heterocycles. The predicted octanol–water partition coefficient (Wildman–Crippen LogP) is 2.38. The summed E-state index contributed by atoms with van der Waals surface area (Å²) in [4.78, 5) is 8.91. The Bertz CT molecular complexity index is 523. The van der Waals surface area contributed by atoms with Gasteiger partial charge in [-0.2, -0.15) is 0 Å². The van der Waals surface area contributed by atoms with Crippen molar-refractivity contribution in [3.05, 3.63) is 34.3 Å². The van der Waals surface area contributed by atoms with Crippen LogP contribution in [0.25, 0.3) is 0 Å². The van der Waals surface area contributed by atoms with Gasteiger partial charge in [0.15, 0.2) is 0 Å². The van der Waals surface area contributed by atoms with Crippen LogP contribution in [0.5, 0.6) is 0 Å². The first-order valence-corrected chi connectivity index (χ1v) is 7.78. The minimum Gasteiger partial charge on any atom is -0.383 e. The molecular formula is C14H22N4OS. The first kappa shape index (κ1) is 15.2. The summed E-state index contributed by atoms with van der Waals surface area (Å²) in [5.74, 6) is 0. The lowest BCUT2D eigenvalue weighted by Crippen LogP contribution is -2.27. The van der Waals surface area contributed by atoms with Crippen LogP contribution in [-0.2, 0) is 11.3 Å². The number of aromatic nitrogens is 3. The molecule has 20 heavy (non-hydrogen) atoms. The van der Waals surface area contributed by atoms with Gasteiger partial charge in [0, 0.05) is 31.3 Å². The molecule has 0 fully saturated rings. The highest BCUT2D eigenvalue weighted by molar-refractivity contribution is 7.09. The topological polar surface area (TPSA) is 52.0 Å². The van der Waals surface area contributed by atoms with E-state index < -0.39 is 0 Å². The number of ether oxygens (including phenoxy) is 1. The van der Waals surface area contributed by atoms with Crippen molar-refractivity contribution in [3.63, 3.8) is 0 Å². The summed E-state index contributed by atoms with van der Waals surface area (Å²) in [6.07, 6.45) is 4.91. The summed E-state index contributed by atoms with van der Waals surface area (Å²) in [6.45, 7) is 6.64. The van der Waals surface area contributed by atoms with Crippen LogP contribution in [0.4, 0.5) is 0 Å². The average Bonchev–Trinajstić information content (AvgIpc) is 3.05. The van der Waals surface area contributed by atoms with Crippen molar-refractivity contribution in [1.29, 1.82) is 0 Å². The van der Waals surface area contributed by atoms with Gasteiger partial charge < -0.3 is 14.6 Å². The number of hydrogen-bond donors (Lipinski definition) is 1. The van der Waals surface area contributed by atoms with E-state index in [1.165, 1.54) is 0 Å². The van der Waals surface area contributed by atoms with Gasteiger partial charge in [0.25, 0.3) is 0 Å². The minimum absolute atomic E-state index is 0.0814. The van der Waals surface area contributed by atoms with Crippen LogP contribution in [0.3, 0.4) is 0 Å². The lowest BCUT2D eigenvalue weighted by Gasteiger charge is -2.18. The largest absolute Gasteiger partial charge is 0.383 e. The van der Waals surface area contributed by atoms with Crippen molar-refractivity contribution in [2.24, 2.45) is 0 Å². The van der Waals surface area contributed by atoms with Gasteiger partial charge in [-0.15, -0.1) is 11.3 Å². The van der Waals surface area contributed by atoms with E-state index in [1.54, 1.807) is 18.4 Å². The van der Waals surface area contributed by atoms with Gasteiger partial charge in [-0.3, -0.25) is 0 Å². The van der Waals surface area contributed by atoms with E-state index in [9.17, 15) is 0 Å². The fourth-order valence-electron chi connectivity index (χ4n) is 2.13. The molecule has 2 aromatic rings. The Labute approximate surface area is 124 Å². The lowest BCUT2D eigenvalue weighted by atomic mass is 10.2. The summed E-state index contributed by atoms with van der Waals surface area (Å²) in [5, 5.41) is 6.68. The Morgan fingerprint density at radius 3 is 3.00 bits per heavy atom. The molecular weight excluding hydrogens is 272 g/mol. The molecule has 1 unspecified atom stereocenters. The molecule has 5 nitrogen and oxygen atoms in total. The van der Waals surface area contributed by atoms with Crippen LogP contribution in [-0.4, -0.2) is 34.8 Å². The summed E-state index contributed by atoms with van der Waals surface area (Å²) >= 11 is 1.69. The third-order valence-electron chi connectivity index (χ3n) is 3.04. The standard InChI is InChI=1S/C14H22N4OS/c1-4-6-18-10-15-8-12(18)13(16-5-7-19-3)14-17-11(2)9-20-14/h8-10,13,16H,4-7H2,1-3H3. The smallest absolute Gasteiger partial charge is 0.116 e. The molecule has 2 heterocycles. The first-order chi connectivity index (χ1) is 9.76. The van der Waals surface area contributed by atoms with Gasteiger partial charge in [0.1, 0.15) is 11.0 Å². The second-order valence-corrected chi connectivity index (χ2v) is 5.61. The molecule has 0 radical (unpaired) electrons. The predicted molar refractivity (Wildman–Crippen MR) is 81.1 cm³/mol. The van der Waals surface area contributed by atoms with Gasteiger partial charge in [-0.25, -0.2) is 9.97 Å². The summed E-state index contributed by atoms with van der Waals surface area (Å²) < 4.78 is 7.32. The quantitative estimate of drug-likeness (QED) is 0.760. The normalized spacial score (nSPS) is 12.8. The number of methoxy groups -OCH3 is 1. The van der Waals surface area contributed by atoms with Crippen molar-refractivity contribution in [2.45, 2.75) is 32.9 Å². The Balaban J connectivity index is 2.23. The number of thiazole rings is 1. The van der Waals surface area contributed by atoms with Crippen LogP contribution in [0.1, 0.15) is 35.8 Å². The minimum atomic E-state index is 0.0814. The zero-order chi connectivity index (χ0) is 14.4. The maximum atomic E-state index is 5.13. The Kier molecular flexibility index (Phi) is 5.70. The molecule has 0 amide bonds. The molecule has 0 aliphatic rings. The molecule has 6 heteroatoms. The van der Waals surface area contributed by atoms with E-state index in [0.717, 1.165) is 35.9 Å². The second-order valence-electron chi connectivity index (χ2n) is 4.72. The monoisotopic (exact) mass is 294 g/mol. The van der Waals surface area contributed by atoms with Crippen molar-refractivity contribution in [2.75, 3.05) is 20.3 Å². The highest BCUT2D eigenvalue weighted by atomic mass is 32.1. The van der Waals surface area contributed by atoms with Crippen LogP contribution in [0.2, 0.25) is 0 Å². The number of aryl methyl sites for hydroxylation is 2. The lowest BCUT2D eigenvalue weighted by molar-refractivity contribution is 0.197. The molecule has 0 saturated carbocycles. The van der Waals surface area contributed by atoms with Crippen molar-refractivity contribution < 1.29 is 4.74 Å². The van der Waals surface area contributed by atoms with Crippen molar-refractivity contribution in [1.82, 2.24) is 19.9 Å². The first-order valence-electron chi connectivity index (χ1n) is 6.90. The van der Waals surface area contributed by atoms with Crippen LogP contribution < -0.4 is 5.32 Å². The molecule has 0 saturated heterocycles. The van der Waals surface area contributed by atoms with E-state index in [4.69, 9.17) is 4.74 Å². The van der Waals surface area contributed by atoms with Gasteiger partial charge in [-0.1, -0.05) is 6.92 Å². The zero-order valence-electron chi connectivity index (χ0n) is 12.3. The fraction of sp³-hybridized carbons (Fsp3) is 0.571. The van der Waals surface area contributed by atoms with E-state index >= 15 is 0 Å². The third-order valence-corrected chi connectivity index (χ3v) is 4.07. The maximum Gasteiger partial charge on any atom is 0.116 e. The van der Waals surface area contributed by atoms with Gasteiger partial charge in [-0.05, 0) is 13.3 Å². The van der Waals surface area contributed by atoms with Crippen LogP contribution >= 0.6 is 11.3 Å². The number of imidazole rings is 1. The molecule has 0 spiro atoms. The Hall–Kier alpha value is -1.24. The van der Waals surface area contributed by atoms with E-state index in [2.05, 4.69) is 32.2 Å². The van der Waals surface area contributed by atoms with Crippen LogP contribution in [0.15, 0.2) is 17.9 Å². The summed E-state index contributed by atoms with van der Waals surface area (Å²) in [6, 6.07) is 0.0814. The Morgan fingerprint density at radius 2 is 2.35 bits per heavy atom. The highest BCUT2D eigenvalue weighted by Gasteiger charge is 2.20. The van der Waals surface area contributed by atoms with E-state index in [1.807, 2.05) is 19.4 Å². The van der Waals surface area contributed by atoms with Crippen LogP contribution in [0, 0.1) is 6.92 Å². The van der Waals surface area contributed by atoms with Gasteiger partial charge >= 0.3 is 0 Å². The molecule has 0 aliphatic heterocycles. The number of hydrogen-bond acceptors (Lipinski definition) is 5. The molecule has 0 bridgehead atoms. The van der Waals surface area contributed by atoms with Crippen molar-refractivity contribution >= 4 is 11.3 Å². The molecule has 1 atom stereocenters. The molecule has 0 aliphatic carbocycles. The summed E-state index contributed by atoms with van der Waals surface area (Å²) in [7, 11) is 1.71. The average molecular weight is 294 g/mol. The SMILES string of the molecule is CCCn1cncc1C(NCCOC)c1nc(C)cs1. The second kappa shape index (κ2) is 7.52. The summed E-state index contributed by atoms with van der Waals surface area (Å²) in [5.41, 5.74) is 2.22. The molecule has 110 valence electrons. The zero-order valence-corrected chi connectivity index (χ0v) is 13.1. The van der Waals surface area contributed by atoms with Gasteiger partial charge in [0.05, 0.1) is 24.8 Å².